The van der Waals surface area contributed by atoms with Crippen LogP contribution in [-0.4, -0.2) is 30.0 Å². The highest BCUT2D eigenvalue weighted by atomic mass is 35.5. The van der Waals surface area contributed by atoms with E-state index in [0.29, 0.717) is 28.0 Å². The average Bonchev–Trinajstić information content (AvgIpc) is 2.63. The summed E-state index contributed by atoms with van der Waals surface area (Å²) >= 11 is 13.2. The van der Waals surface area contributed by atoms with Crippen molar-refractivity contribution in [2.45, 2.75) is 19.6 Å². The Morgan fingerprint density at radius 2 is 2.07 bits per heavy atom. The number of hydrogen-bond donors (Lipinski definition) is 2. The van der Waals surface area contributed by atoms with Crippen molar-refractivity contribution in [3.05, 3.63) is 64.2 Å². The molecule has 0 aliphatic carbocycles. The molecule has 2 N–H and O–H groups in total. The van der Waals surface area contributed by atoms with Crippen LogP contribution in [0.15, 0.2) is 42.5 Å². The van der Waals surface area contributed by atoms with Crippen molar-refractivity contribution in [1.82, 2.24) is 5.32 Å². The van der Waals surface area contributed by atoms with Gasteiger partial charge in [0.2, 0.25) is 0 Å². The molecule has 0 amide bonds. The van der Waals surface area contributed by atoms with E-state index in [1.54, 1.807) is 25.1 Å². The topological polar surface area (TPSA) is 50.4 Å². The smallest absolute Gasteiger partial charge is 0.339 e. The van der Waals surface area contributed by atoms with Gasteiger partial charge >= 0.3 is 5.97 Å². The fourth-order valence-electron chi connectivity index (χ4n) is 2.37. The van der Waals surface area contributed by atoms with Gasteiger partial charge in [0.05, 0.1) is 17.2 Å². The van der Waals surface area contributed by atoms with Crippen molar-refractivity contribution in [2.24, 2.45) is 0 Å². The number of esters is 1. The number of ether oxygens (including phenoxy) is 1. The van der Waals surface area contributed by atoms with Crippen LogP contribution in [0, 0.1) is 6.92 Å². The molecule has 27 heavy (non-hydrogen) atoms. The van der Waals surface area contributed by atoms with Gasteiger partial charge in [0.25, 0.3) is 0 Å². The molecule has 0 bridgehead atoms. The number of rotatable bonds is 8. The predicted octanol–water partition coefficient (Wildman–Crippen LogP) is 5.04. The SMILES string of the molecule is CCOC(=O)c1cc(NC(=S)NCCSCc2cccc(C)c2)ccc1Cl. The first-order valence-electron chi connectivity index (χ1n) is 8.64. The summed E-state index contributed by atoms with van der Waals surface area (Å²) in [5.41, 5.74) is 3.61. The van der Waals surface area contributed by atoms with Gasteiger partial charge in [-0.1, -0.05) is 41.4 Å². The third kappa shape index (κ3) is 7.40. The molecule has 0 atom stereocenters. The molecule has 0 heterocycles. The largest absolute Gasteiger partial charge is 0.462 e. The van der Waals surface area contributed by atoms with Gasteiger partial charge in [-0.2, -0.15) is 11.8 Å². The van der Waals surface area contributed by atoms with Crippen LogP contribution in [0.25, 0.3) is 0 Å². The van der Waals surface area contributed by atoms with Crippen LogP contribution in [-0.2, 0) is 10.5 Å². The number of hydrogen-bond acceptors (Lipinski definition) is 4. The molecule has 7 heteroatoms. The van der Waals surface area contributed by atoms with E-state index in [2.05, 4.69) is 41.8 Å². The van der Waals surface area contributed by atoms with Crippen molar-refractivity contribution in [2.75, 3.05) is 24.2 Å². The van der Waals surface area contributed by atoms with E-state index in [1.807, 2.05) is 11.8 Å². The lowest BCUT2D eigenvalue weighted by atomic mass is 10.2. The molecule has 0 radical (unpaired) electrons. The maximum Gasteiger partial charge on any atom is 0.339 e. The van der Waals surface area contributed by atoms with E-state index in [0.717, 1.165) is 18.1 Å². The minimum Gasteiger partial charge on any atom is -0.462 e. The van der Waals surface area contributed by atoms with Crippen LogP contribution in [0.4, 0.5) is 5.69 Å². The molecule has 0 aliphatic heterocycles. The second-order valence-electron chi connectivity index (χ2n) is 5.84. The maximum absolute atomic E-state index is 11.9. The van der Waals surface area contributed by atoms with E-state index in [-0.39, 0.29) is 0 Å². The van der Waals surface area contributed by atoms with Gasteiger partial charge in [0.1, 0.15) is 0 Å². The van der Waals surface area contributed by atoms with Crippen LogP contribution < -0.4 is 10.6 Å². The van der Waals surface area contributed by atoms with Crippen molar-refractivity contribution in [3.63, 3.8) is 0 Å². The van der Waals surface area contributed by atoms with E-state index in [9.17, 15) is 4.79 Å². The second kappa shape index (κ2) is 11.2. The number of benzene rings is 2. The number of anilines is 1. The third-order valence-electron chi connectivity index (χ3n) is 3.60. The summed E-state index contributed by atoms with van der Waals surface area (Å²) in [5, 5.41) is 7.09. The Kier molecular flexibility index (Phi) is 8.91. The van der Waals surface area contributed by atoms with E-state index in [4.69, 9.17) is 28.6 Å². The minimum atomic E-state index is -0.447. The first-order chi connectivity index (χ1) is 13.0. The molecule has 2 rings (SSSR count). The highest BCUT2D eigenvalue weighted by Crippen LogP contribution is 2.21. The fourth-order valence-corrected chi connectivity index (χ4v) is 3.59. The van der Waals surface area contributed by atoms with Gasteiger partial charge in [0, 0.05) is 23.7 Å². The van der Waals surface area contributed by atoms with Crippen molar-refractivity contribution < 1.29 is 9.53 Å². The number of thioether (sulfide) groups is 1. The van der Waals surface area contributed by atoms with E-state index >= 15 is 0 Å². The van der Waals surface area contributed by atoms with Gasteiger partial charge in [-0.05, 0) is 49.8 Å². The Labute approximate surface area is 175 Å². The molecular weight excluding hydrogens is 400 g/mol. The quantitative estimate of drug-likeness (QED) is 0.353. The van der Waals surface area contributed by atoms with Crippen LogP contribution >= 0.6 is 35.6 Å². The number of carbonyl (C=O) groups excluding carboxylic acids is 1. The first-order valence-corrected chi connectivity index (χ1v) is 10.6. The summed E-state index contributed by atoms with van der Waals surface area (Å²) in [6.07, 6.45) is 0. The molecule has 2 aromatic rings. The van der Waals surface area contributed by atoms with Gasteiger partial charge < -0.3 is 15.4 Å². The number of carbonyl (C=O) groups is 1. The van der Waals surface area contributed by atoms with Gasteiger partial charge in [-0.25, -0.2) is 4.79 Å². The minimum absolute atomic E-state index is 0.299. The lowest BCUT2D eigenvalue weighted by Crippen LogP contribution is -2.30. The highest BCUT2D eigenvalue weighted by molar-refractivity contribution is 7.98. The van der Waals surface area contributed by atoms with Crippen LogP contribution in [0.1, 0.15) is 28.4 Å². The number of halogens is 1. The van der Waals surface area contributed by atoms with Crippen LogP contribution in [0.5, 0.6) is 0 Å². The molecule has 0 saturated carbocycles. The number of aryl methyl sites for hydroxylation is 1. The molecule has 4 nitrogen and oxygen atoms in total. The van der Waals surface area contributed by atoms with Gasteiger partial charge in [0.15, 0.2) is 5.11 Å². The monoisotopic (exact) mass is 422 g/mol. The summed E-state index contributed by atoms with van der Waals surface area (Å²) in [7, 11) is 0. The second-order valence-corrected chi connectivity index (χ2v) is 7.76. The lowest BCUT2D eigenvalue weighted by Gasteiger charge is -2.12. The van der Waals surface area contributed by atoms with Gasteiger partial charge in [-0.3, -0.25) is 0 Å². The highest BCUT2D eigenvalue weighted by Gasteiger charge is 2.12. The summed E-state index contributed by atoms with van der Waals surface area (Å²) in [6.45, 7) is 4.90. The molecule has 0 aromatic heterocycles. The number of thiocarbonyl (C=S) groups is 1. The molecule has 0 saturated heterocycles. The van der Waals surface area contributed by atoms with Crippen molar-refractivity contribution in [1.29, 1.82) is 0 Å². The maximum atomic E-state index is 11.9. The molecule has 2 aromatic carbocycles. The Morgan fingerprint density at radius 3 is 2.81 bits per heavy atom. The Balaban J connectivity index is 1.75. The Bertz CT molecular complexity index is 799. The Hall–Kier alpha value is -1.76. The van der Waals surface area contributed by atoms with Crippen molar-refractivity contribution >= 4 is 52.3 Å². The molecule has 0 fully saturated rings. The number of nitrogens with one attached hydrogen (secondary N) is 2. The van der Waals surface area contributed by atoms with Gasteiger partial charge in [-0.15, -0.1) is 0 Å². The third-order valence-corrected chi connectivity index (χ3v) is 5.21. The zero-order valence-corrected chi connectivity index (χ0v) is 17.8. The zero-order valence-electron chi connectivity index (χ0n) is 15.4. The molecular formula is C20H23ClN2O2S2. The fraction of sp³-hybridized carbons (Fsp3) is 0.300. The van der Waals surface area contributed by atoms with E-state index in [1.165, 1.54) is 11.1 Å². The lowest BCUT2D eigenvalue weighted by molar-refractivity contribution is 0.0526. The molecule has 0 spiro atoms. The Morgan fingerprint density at radius 1 is 1.26 bits per heavy atom. The van der Waals surface area contributed by atoms with Crippen LogP contribution in [0.3, 0.4) is 0 Å². The van der Waals surface area contributed by atoms with E-state index < -0.39 is 5.97 Å². The molecule has 0 unspecified atom stereocenters. The normalized spacial score (nSPS) is 10.3. The summed E-state index contributed by atoms with van der Waals surface area (Å²) in [5.74, 6) is 1.46. The van der Waals surface area contributed by atoms with Crippen molar-refractivity contribution in [3.8, 4) is 0 Å². The molecule has 0 aliphatic rings. The first kappa shape index (κ1) is 21.5. The summed E-state index contributed by atoms with van der Waals surface area (Å²) in [6, 6.07) is 13.6. The standard InChI is InChI=1S/C20H23ClN2O2S2/c1-3-25-19(24)17-12-16(7-8-18(17)21)23-20(26)22-9-10-27-13-15-6-4-5-14(2)11-15/h4-8,11-12H,3,9-10,13H2,1-2H3,(H2,22,23,26). The summed E-state index contributed by atoms with van der Waals surface area (Å²) < 4.78 is 5.00. The summed E-state index contributed by atoms with van der Waals surface area (Å²) in [4.78, 5) is 11.9. The predicted molar refractivity (Wildman–Crippen MR) is 119 cm³/mol. The zero-order chi connectivity index (χ0) is 19.6. The molecule has 144 valence electrons. The average molecular weight is 423 g/mol. The van der Waals surface area contributed by atoms with Crippen LogP contribution in [0.2, 0.25) is 5.02 Å².